The minimum atomic E-state index is -0.418. The molecule has 0 saturated heterocycles. The second-order valence-electron chi connectivity index (χ2n) is 2.53. The van der Waals surface area contributed by atoms with Crippen LogP contribution in [-0.4, -0.2) is 13.0 Å². The lowest BCUT2D eigenvalue weighted by atomic mass is 10.1. The fourth-order valence-electron chi connectivity index (χ4n) is 0.910. The third-order valence-corrected chi connectivity index (χ3v) is 2.58. The molecule has 1 aromatic carbocycles. The number of halogens is 2. The zero-order valence-corrected chi connectivity index (χ0v) is 8.64. The predicted octanol–water partition coefficient (Wildman–Crippen LogP) is 2.01. The van der Waals surface area contributed by atoms with Crippen molar-refractivity contribution in [2.24, 2.45) is 0 Å². The number of rotatable bonds is 2. The van der Waals surface area contributed by atoms with Crippen LogP contribution in [0.25, 0.3) is 0 Å². The molecule has 0 aliphatic carbocycles. The van der Waals surface area contributed by atoms with Gasteiger partial charge in [-0.25, -0.2) is 4.39 Å². The Hall–Kier alpha value is -0.900. The number of nitrogens with one attached hydrogen (secondary N) is 1. The molecule has 0 aliphatic heterocycles. The Balaban J connectivity index is 2.83. The topological polar surface area (TPSA) is 29.1 Å². The first-order valence-corrected chi connectivity index (χ1v) is 4.68. The number of likely N-dealkylation sites (N-methyl/N-ethyl adjacent to an activating group) is 1. The zero-order chi connectivity index (χ0) is 9.84. The second-order valence-corrected chi connectivity index (χ2v) is 3.44. The summed E-state index contributed by atoms with van der Waals surface area (Å²) in [6, 6.07) is 5.80. The molecule has 1 rings (SSSR count). The molecule has 13 heavy (non-hydrogen) atoms. The summed E-state index contributed by atoms with van der Waals surface area (Å²) < 4.78 is 12.5. The molecule has 0 radical (unpaired) electrons. The first kappa shape index (κ1) is 10.2. The van der Waals surface area contributed by atoms with Gasteiger partial charge < -0.3 is 5.32 Å². The van der Waals surface area contributed by atoms with Crippen LogP contribution in [0.5, 0.6) is 0 Å². The van der Waals surface area contributed by atoms with Gasteiger partial charge in [-0.3, -0.25) is 4.79 Å². The molecule has 0 aliphatic rings. The maximum Gasteiger partial charge on any atom is 0.238 e. The van der Waals surface area contributed by atoms with Crippen LogP contribution in [-0.2, 0) is 4.79 Å². The fourth-order valence-corrected chi connectivity index (χ4v) is 1.44. The smallest absolute Gasteiger partial charge is 0.238 e. The lowest BCUT2D eigenvalue weighted by Gasteiger charge is -2.07. The van der Waals surface area contributed by atoms with Crippen molar-refractivity contribution >= 4 is 21.8 Å². The average molecular weight is 246 g/mol. The Bertz CT molecular complexity index is 299. The molecule has 1 aromatic rings. The van der Waals surface area contributed by atoms with E-state index in [0.717, 1.165) is 5.56 Å². The van der Waals surface area contributed by atoms with E-state index in [1.807, 2.05) is 0 Å². The first-order chi connectivity index (χ1) is 6.15. The molecule has 0 aromatic heterocycles. The first-order valence-electron chi connectivity index (χ1n) is 3.76. The van der Waals surface area contributed by atoms with Crippen molar-refractivity contribution in [1.82, 2.24) is 5.32 Å². The van der Waals surface area contributed by atoms with Crippen molar-refractivity contribution in [3.63, 3.8) is 0 Å². The summed E-state index contributed by atoms with van der Waals surface area (Å²) >= 11 is 3.20. The van der Waals surface area contributed by atoms with E-state index < -0.39 is 4.83 Å². The number of amides is 1. The highest BCUT2D eigenvalue weighted by Crippen LogP contribution is 2.22. The van der Waals surface area contributed by atoms with Crippen LogP contribution in [0.2, 0.25) is 0 Å². The van der Waals surface area contributed by atoms with Crippen molar-refractivity contribution in [3.8, 4) is 0 Å². The monoisotopic (exact) mass is 245 g/mol. The molecule has 0 bridgehead atoms. The molecular weight excluding hydrogens is 237 g/mol. The summed E-state index contributed by atoms with van der Waals surface area (Å²) in [5.41, 5.74) is 0.737. The van der Waals surface area contributed by atoms with Crippen LogP contribution in [0.1, 0.15) is 10.4 Å². The SMILES string of the molecule is CNC(=O)C(Br)c1ccc(F)cc1. The molecule has 0 fully saturated rings. The largest absolute Gasteiger partial charge is 0.358 e. The highest BCUT2D eigenvalue weighted by molar-refractivity contribution is 9.09. The van der Waals surface area contributed by atoms with E-state index in [0.29, 0.717) is 0 Å². The molecule has 1 unspecified atom stereocenters. The zero-order valence-electron chi connectivity index (χ0n) is 7.05. The fraction of sp³-hybridized carbons (Fsp3) is 0.222. The summed E-state index contributed by atoms with van der Waals surface area (Å²) in [4.78, 5) is 10.7. The van der Waals surface area contributed by atoms with Crippen molar-refractivity contribution in [2.75, 3.05) is 7.05 Å². The van der Waals surface area contributed by atoms with Crippen LogP contribution in [0.3, 0.4) is 0 Å². The Morgan fingerprint density at radius 3 is 2.46 bits per heavy atom. The quantitative estimate of drug-likeness (QED) is 0.794. The molecule has 4 heteroatoms. The third kappa shape index (κ3) is 2.52. The number of alkyl halides is 1. The molecule has 0 spiro atoms. The van der Waals surface area contributed by atoms with E-state index in [-0.39, 0.29) is 11.7 Å². The van der Waals surface area contributed by atoms with Crippen LogP contribution in [0.15, 0.2) is 24.3 Å². The Morgan fingerprint density at radius 2 is 2.00 bits per heavy atom. The van der Waals surface area contributed by atoms with Crippen LogP contribution >= 0.6 is 15.9 Å². The van der Waals surface area contributed by atoms with Gasteiger partial charge in [-0.1, -0.05) is 28.1 Å². The molecule has 0 heterocycles. The van der Waals surface area contributed by atoms with E-state index in [2.05, 4.69) is 21.2 Å². The van der Waals surface area contributed by atoms with E-state index in [1.165, 1.54) is 12.1 Å². The minimum Gasteiger partial charge on any atom is -0.358 e. The predicted molar refractivity (Wildman–Crippen MR) is 52.1 cm³/mol. The van der Waals surface area contributed by atoms with Gasteiger partial charge in [0.15, 0.2) is 0 Å². The summed E-state index contributed by atoms with van der Waals surface area (Å²) in [7, 11) is 1.56. The Kier molecular flexibility index (Phi) is 3.42. The van der Waals surface area contributed by atoms with Gasteiger partial charge in [0.05, 0.1) is 0 Å². The van der Waals surface area contributed by atoms with Gasteiger partial charge in [0.2, 0.25) is 5.91 Å². The summed E-state index contributed by atoms with van der Waals surface area (Å²) in [5.74, 6) is -0.452. The van der Waals surface area contributed by atoms with Crippen molar-refractivity contribution in [3.05, 3.63) is 35.6 Å². The van der Waals surface area contributed by atoms with E-state index in [4.69, 9.17) is 0 Å². The number of carbonyl (C=O) groups excluding carboxylic acids is 1. The average Bonchev–Trinajstić information content (AvgIpc) is 2.17. The van der Waals surface area contributed by atoms with Gasteiger partial charge in [-0.2, -0.15) is 0 Å². The summed E-state index contributed by atoms with van der Waals surface area (Å²) in [5, 5.41) is 2.50. The summed E-state index contributed by atoms with van der Waals surface area (Å²) in [6.07, 6.45) is 0. The van der Waals surface area contributed by atoms with E-state index in [9.17, 15) is 9.18 Å². The van der Waals surface area contributed by atoms with Gasteiger partial charge >= 0.3 is 0 Å². The number of hydrogen-bond acceptors (Lipinski definition) is 1. The van der Waals surface area contributed by atoms with Crippen molar-refractivity contribution in [2.45, 2.75) is 4.83 Å². The Labute approximate surface area is 84.3 Å². The maximum atomic E-state index is 12.5. The molecule has 0 saturated carbocycles. The maximum absolute atomic E-state index is 12.5. The van der Waals surface area contributed by atoms with Crippen LogP contribution in [0, 0.1) is 5.82 Å². The number of benzene rings is 1. The molecular formula is C9H9BrFNO. The molecule has 1 N–H and O–H groups in total. The minimum absolute atomic E-state index is 0.147. The van der Waals surface area contributed by atoms with Gasteiger partial charge in [-0.05, 0) is 17.7 Å². The molecule has 2 nitrogen and oxygen atoms in total. The number of hydrogen-bond donors (Lipinski definition) is 1. The number of carbonyl (C=O) groups is 1. The van der Waals surface area contributed by atoms with Gasteiger partial charge in [0, 0.05) is 7.05 Å². The van der Waals surface area contributed by atoms with Crippen molar-refractivity contribution in [1.29, 1.82) is 0 Å². The van der Waals surface area contributed by atoms with E-state index in [1.54, 1.807) is 19.2 Å². The Morgan fingerprint density at radius 1 is 1.46 bits per heavy atom. The third-order valence-electron chi connectivity index (χ3n) is 1.64. The van der Waals surface area contributed by atoms with Crippen LogP contribution in [0.4, 0.5) is 4.39 Å². The molecule has 70 valence electrons. The molecule has 1 atom stereocenters. The van der Waals surface area contributed by atoms with Crippen LogP contribution < -0.4 is 5.32 Å². The van der Waals surface area contributed by atoms with Crippen molar-refractivity contribution < 1.29 is 9.18 Å². The molecule has 1 amide bonds. The second kappa shape index (κ2) is 4.37. The van der Waals surface area contributed by atoms with E-state index >= 15 is 0 Å². The van der Waals surface area contributed by atoms with Gasteiger partial charge in [0.1, 0.15) is 10.6 Å². The highest BCUT2D eigenvalue weighted by atomic mass is 79.9. The normalized spacial score (nSPS) is 12.2. The lowest BCUT2D eigenvalue weighted by molar-refractivity contribution is -0.120. The lowest BCUT2D eigenvalue weighted by Crippen LogP contribution is -2.22. The van der Waals surface area contributed by atoms with Gasteiger partial charge in [-0.15, -0.1) is 0 Å². The standard InChI is InChI=1S/C9H9BrFNO/c1-12-9(13)8(10)6-2-4-7(11)5-3-6/h2-5,8H,1H3,(H,12,13). The highest BCUT2D eigenvalue weighted by Gasteiger charge is 2.14. The van der Waals surface area contributed by atoms with Gasteiger partial charge in [0.25, 0.3) is 0 Å². The summed E-state index contributed by atoms with van der Waals surface area (Å²) in [6.45, 7) is 0.